The van der Waals surface area contributed by atoms with Gasteiger partial charge in [0.25, 0.3) is 3.91 Å². The van der Waals surface area contributed by atoms with Gasteiger partial charge in [0.2, 0.25) is 5.91 Å². The fourth-order valence-corrected chi connectivity index (χ4v) is 2.50. The number of aliphatic hydroxyl groups excluding tert-OH is 1. The van der Waals surface area contributed by atoms with Crippen molar-refractivity contribution < 1.29 is 24.2 Å². The van der Waals surface area contributed by atoms with E-state index in [-0.39, 0.29) is 18.4 Å². The van der Waals surface area contributed by atoms with Gasteiger partial charge in [-0.05, 0) is 25.7 Å². The van der Waals surface area contributed by atoms with Gasteiger partial charge in [0.1, 0.15) is 6.61 Å². The number of carbonyl (C=O) groups excluding carboxylic acids is 3. The first kappa shape index (κ1) is 21.3. The molecule has 2 N–H and O–H groups in total. The third-order valence-corrected chi connectivity index (χ3v) is 3.77. The topological polar surface area (TPSA) is 92.7 Å². The van der Waals surface area contributed by atoms with Crippen LogP contribution in [0.3, 0.4) is 0 Å². The molecule has 0 aliphatic heterocycles. The van der Waals surface area contributed by atoms with Crippen molar-refractivity contribution in [3.63, 3.8) is 0 Å². The lowest BCUT2D eigenvalue weighted by atomic mass is 9.74. The van der Waals surface area contributed by atoms with Crippen LogP contribution in [0, 0.1) is 10.8 Å². The van der Waals surface area contributed by atoms with Crippen LogP contribution in [0.4, 0.5) is 4.79 Å². The monoisotopic (exact) mass is 427 g/mol. The fourth-order valence-electron chi connectivity index (χ4n) is 2.19. The number of esters is 1. The van der Waals surface area contributed by atoms with E-state index in [0.717, 1.165) is 6.42 Å². The van der Waals surface area contributed by atoms with Gasteiger partial charge in [-0.25, -0.2) is 0 Å². The van der Waals surface area contributed by atoms with Crippen molar-refractivity contribution in [2.24, 2.45) is 10.8 Å². The number of ether oxygens (including phenoxy) is 1. The second-order valence-electron chi connectivity index (χ2n) is 6.86. The Morgan fingerprint density at radius 1 is 1.23 bits per heavy atom. The van der Waals surface area contributed by atoms with Crippen LogP contribution < -0.4 is 5.32 Å². The van der Waals surface area contributed by atoms with Crippen LogP contribution in [0.15, 0.2) is 0 Å². The first-order chi connectivity index (χ1) is 9.89. The molecule has 0 aromatic rings. The number of carbonyl (C=O) groups is 3. The van der Waals surface area contributed by atoms with Crippen molar-refractivity contribution in [3.8, 4) is 0 Å². The largest absolute Gasteiger partial charge is 0.463 e. The third-order valence-electron chi connectivity index (χ3n) is 3.50. The summed E-state index contributed by atoms with van der Waals surface area (Å²) in [4.78, 5) is 34.1. The highest BCUT2D eigenvalue weighted by molar-refractivity contribution is 14.1. The van der Waals surface area contributed by atoms with Crippen molar-refractivity contribution in [2.45, 2.75) is 60.0 Å². The zero-order valence-electron chi connectivity index (χ0n) is 13.9. The molecule has 2 amide bonds. The molecule has 0 aromatic heterocycles. The molecule has 0 bridgehead atoms. The van der Waals surface area contributed by atoms with Gasteiger partial charge in [0.15, 0.2) is 0 Å². The molecule has 0 heterocycles. The van der Waals surface area contributed by atoms with E-state index in [2.05, 4.69) is 20.8 Å². The average molecular weight is 427 g/mol. The van der Waals surface area contributed by atoms with E-state index >= 15 is 0 Å². The molecule has 0 aliphatic rings. The number of hydrogen-bond acceptors (Lipinski definition) is 5. The van der Waals surface area contributed by atoms with Crippen molar-refractivity contribution in [1.29, 1.82) is 0 Å². The number of rotatable bonds is 8. The molecular formula is C15H26INO5. The first-order valence-corrected chi connectivity index (χ1v) is 8.32. The van der Waals surface area contributed by atoms with Gasteiger partial charge < -0.3 is 9.84 Å². The van der Waals surface area contributed by atoms with E-state index in [9.17, 15) is 19.5 Å². The lowest BCUT2D eigenvalue weighted by Gasteiger charge is -2.32. The average Bonchev–Trinajstić information content (AvgIpc) is 2.33. The van der Waals surface area contributed by atoms with Gasteiger partial charge in [-0.2, -0.15) is 0 Å². The predicted molar refractivity (Wildman–Crippen MR) is 91.6 cm³/mol. The molecule has 0 fully saturated rings. The minimum atomic E-state index is -1.13. The second kappa shape index (κ2) is 8.81. The summed E-state index contributed by atoms with van der Waals surface area (Å²) in [6.45, 7) is 9.58. The number of nitrogens with one attached hydrogen (secondary N) is 1. The maximum absolute atomic E-state index is 12.1. The molecule has 0 rings (SSSR count). The number of imide groups is 1. The van der Waals surface area contributed by atoms with Crippen LogP contribution in [0.25, 0.3) is 0 Å². The number of halogens is 1. The lowest BCUT2D eigenvalue weighted by Crippen LogP contribution is -2.35. The Morgan fingerprint density at radius 2 is 1.77 bits per heavy atom. The standard InChI is InChI=1S/C15H26INO5/c1-6-14(2,3)9-15(4,5)12(20)22-8-10(18)7-11(19)17-13(16)21/h10,18H,6-9H2,1-5H3,(H,17,19,21). The summed E-state index contributed by atoms with van der Waals surface area (Å²) in [6, 6.07) is 0. The Balaban J connectivity index is 4.37. The minimum absolute atomic E-state index is 0.0155. The molecule has 0 saturated heterocycles. The van der Waals surface area contributed by atoms with E-state index < -0.39 is 27.3 Å². The SMILES string of the molecule is CCC(C)(C)CC(C)(C)C(=O)OCC(O)CC(=O)NC(=O)I. The number of hydrogen-bond donors (Lipinski definition) is 2. The molecule has 0 saturated carbocycles. The molecule has 7 heteroatoms. The molecular weight excluding hydrogens is 401 g/mol. The van der Waals surface area contributed by atoms with Crippen LogP contribution in [-0.2, 0) is 14.3 Å². The normalized spacial score (nSPS) is 13.4. The van der Waals surface area contributed by atoms with E-state index in [4.69, 9.17) is 4.74 Å². The molecule has 0 spiro atoms. The van der Waals surface area contributed by atoms with E-state index in [0.29, 0.717) is 6.42 Å². The number of amides is 2. The van der Waals surface area contributed by atoms with Crippen molar-refractivity contribution in [3.05, 3.63) is 0 Å². The summed E-state index contributed by atoms with van der Waals surface area (Å²) in [5, 5.41) is 11.7. The summed E-state index contributed by atoms with van der Waals surface area (Å²) in [6.07, 6.45) is 0.185. The zero-order chi connectivity index (χ0) is 17.6. The van der Waals surface area contributed by atoms with E-state index in [1.165, 1.54) is 22.6 Å². The maximum Gasteiger partial charge on any atom is 0.311 e. The Labute approximate surface area is 145 Å². The fraction of sp³-hybridized carbons (Fsp3) is 0.800. The minimum Gasteiger partial charge on any atom is -0.463 e. The van der Waals surface area contributed by atoms with Gasteiger partial charge in [-0.15, -0.1) is 0 Å². The van der Waals surface area contributed by atoms with E-state index in [1.807, 2.05) is 5.32 Å². The van der Waals surface area contributed by atoms with Crippen LogP contribution in [0.5, 0.6) is 0 Å². The van der Waals surface area contributed by atoms with Gasteiger partial charge in [0.05, 0.1) is 17.9 Å². The molecule has 1 unspecified atom stereocenters. The molecule has 6 nitrogen and oxygen atoms in total. The quantitative estimate of drug-likeness (QED) is 0.269. The highest BCUT2D eigenvalue weighted by atomic mass is 127. The van der Waals surface area contributed by atoms with E-state index in [1.54, 1.807) is 13.8 Å². The van der Waals surface area contributed by atoms with Crippen LogP contribution in [-0.4, -0.2) is 33.6 Å². The Kier molecular flexibility index (Phi) is 8.53. The predicted octanol–water partition coefficient (Wildman–Crippen LogP) is 2.80. The lowest BCUT2D eigenvalue weighted by molar-refractivity contribution is -0.159. The van der Waals surface area contributed by atoms with Gasteiger partial charge in [0, 0.05) is 22.6 Å². The van der Waals surface area contributed by atoms with Crippen LogP contribution in [0.2, 0.25) is 0 Å². The molecule has 0 radical (unpaired) electrons. The Hall–Kier alpha value is -0.700. The summed E-state index contributed by atoms with van der Waals surface area (Å²) in [5.74, 6) is -1.01. The van der Waals surface area contributed by atoms with Crippen LogP contribution >= 0.6 is 22.6 Å². The molecule has 1 atom stereocenters. The smallest absolute Gasteiger partial charge is 0.311 e. The van der Waals surface area contributed by atoms with Crippen molar-refractivity contribution >= 4 is 38.4 Å². The highest BCUT2D eigenvalue weighted by Crippen LogP contribution is 2.36. The van der Waals surface area contributed by atoms with Crippen molar-refractivity contribution in [2.75, 3.05) is 6.61 Å². The Morgan fingerprint density at radius 3 is 2.23 bits per heavy atom. The summed E-state index contributed by atoms with van der Waals surface area (Å²) >= 11 is 1.42. The second-order valence-corrected chi connectivity index (χ2v) is 7.84. The summed E-state index contributed by atoms with van der Waals surface area (Å²) in [7, 11) is 0. The molecule has 0 aliphatic carbocycles. The maximum atomic E-state index is 12.1. The van der Waals surface area contributed by atoms with Crippen molar-refractivity contribution in [1.82, 2.24) is 5.32 Å². The summed E-state index contributed by atoms with van der Waals surface area (Å²) < 4.78 is 4.59. The third kappa shape index (κ3) is 8.67. The van der Waals surface area contributed by atoms with Gasteiger partial charge in [-0.1, -0.05) is 27.2 Å². The molecule has 0 aromatic carbocycles. The molecule has 128 valence electrons. The van der Waals surface area contributed by atoms with Crippen LogP contribution in [0.1, 0.15) is 53.9 Å². The first-order valence-electron chi connectivity index (χ1n) is 7.24. The Bertz CT molecular complexity index is 420. The molecule has 22 heavy (non-hydrogen) atoms. The summed E-state index contributed by atoms with van der Waals surface area (Å²) in [5.41, 5.74) is -0.651. The highest BCUT2D eigenvalue weighted by Gasteiger charge is 2.35. The number of aliphatic hydroxyl groups is 1. The zero-order valence-corrected chi connectivity index (χ0v) is 16.0. The van der Waals surface area contributed by atoms with Gasteiger partial charge in [-0.3, -0.25) is 19.7 Å². The van der Waals surface area contributed by atoms with Gasteiger partial charge >= 0.3 is 5.97 Å².